The number of thioether (sulfide) groups is 1. The number of nitrogens with zero attached hydrogens (tertiary/aromatic N) is 4. The molecule has 2 aromatic heterocycles. The van der Waals surface area contributed by atoms with Crippen LogP contribution in [0.15, 0.2) is 46.9 Å². The van der Waals surface area contributed by atoms with Gasteiger partial charge in [-0.05, 0) is 43.3 Å². The Morgan fingerprint density at radius 1 is 1.15 bits per heavy atom. The molecular weight excluding hydrogens is 466 g/mol. The maximum absolute atomic E-state index is 13.5. The number of para-hydroxylation sites is 2. The first-order chi connectivity index (χ1) is 16.6. The van der Waals surface area contributed by atoms with E-state index in [1.165, 1.54) is 35.9 Å². The lowest BCUT2D eigenvalue weighted by Crippen LogP contribution is -2.40. The van der Waals surface area contributed by atoms with Crippen LogP contribution in [0.25, 0.3) is 0 Å². The SMILES string of the molecule is C[C@@H]1CC(=O)Nc2ccccc2N1C(=O)CSc1nnc(Cc2cccs2)n1C1CCCCC1. The van der Waals surface area contributed by atoms with Gasteiger partial charge in [-0.25, -0.2) is 0 Å². The van der Waals surface area contributed by atoms with Crippen molar-refractivity contribution in [1.29, 1.82) is 0 Å². The summed E-state index contributed by atoms with van der Waals surface area (Å²) >= 11 is 3.19. The Bertz CT molecular complexity index is 1150. The van der Waals surface area contributed by atoms with Crippen molar-refractivity contribution in [3.8, 4) is 0 Å². The molecular formula is C25H29N5O2S2. The average molecular weight is 496 g/mol. The molecule has 5 rings (SSSR count). The van der Waals surface area contributed by atoms with Crippen LogP contribution in [0.3, 0.4) is 0 Å². The number of carbonyl (C=O) groups excluding carboxylic acids is 2. The zero-order valence-corrected chi connectivity index (χ0v) is 20.9. The molecule has 1 N–H and O–H groups in total. The number of hydrogen-bond donors (Lipinski definition) is 1. The molecule has 2 amide bonds. The first kappa shape index (κ1) is 23.1. The summed E-state index contributed by atoms with van der Waals surface area (Å²) < 4.78 is 2.29. The molecule has 0 radical (unpaired) electrons. The summed E-state index contributed by atoms with van der Waals surface area (Å²) in [5.41, 5.74) is 1.43. The van der Waals surface area contributed by atoms with Crippen molar-refractivity contribution in [2.75, 3.05) is 16.0 Å². The van der Waals surface area contributed by atoms with Crippen molar-refractivity contribution in [2.24, 2.45) is 0 Å². The van der Waals surface area contributed by atoms with Crippen LogP contribution in [-0.2, 0) is 16.0 Å². The molecule has 1 aromatic carbocycles. The molecule has 9 heteroatoms. The minimum atomic E-state index is -0.220. The predicted molar refractivity (Wildman–Crippen MR) is 137 cm³/mol. The van der Waals surface area contributed by atoms with E-state index in [1.807, 2.05) is 31.2 Å². The van der Waals surface area contributed by atoms with Crippen LogP contribution < -0.4 is 10.2 Å². The highest BCUT2D eigenvalue weighted by Crippen LogP contribution is 2.35. The number of hydrogen-bond acceptors (Lipinski definition) is 6. The Morgan fingerprint density at radius 2 is 1.97 bits per heavy atom. The van der Waals surface area contributed by atoms with E-state index in [4.69, 9.17) is 0 Å². The lowest BCUT2D eigenvalue weighted by Gasteiger charge is -2.28. The minimum absolute atomic E-state index is 0.0283. The Labute approximate surface area is 208 Å². The maximum Gasteiger partial charge on any atom is 0.237 e. The van der Waals surface area contributed by atoms with Gasteiger partial charge in [-0.1, -0.05) is 49.2 Å². The molecule has 0 unspecified atom stereocenters. The smallest absolute Gasteiger partial charge is 0.237 e. The van der Waals surface area contributed by atoms with Crippen molar-refractivity contribution >= 4 is 46.3 Å². The second-order valence-electron chi connectivity index (χ2n) is 8.99. The summed E-state index contributed by atoms with van der Waals surface area (Å²) in [6, 6.07) is 11.9. The number of amides is 2. The standard InChI is InChI=1S/C25H29N5O2S2/c1-17-14-23(31)26-20-11-5-6-12-21(20)29(17)24(32)16-34-25-28-27-22(15-19-10-7-13-33-19)30(25)18-8-3-2-4-9-18/h5-7,10-13,17-18H,2-4,8-9,14-16H2,1H3,(H,26,31)/t17-/m1/s1. The van der Waals surface area contributed by atoms with Gasteiger partial charge in [0.05, 0.1) is 17.1 Å². The summed E-state index contributed by atoms with van der Waals surface area (Å²) in [7, 11) is 0. The van der Waals surface area contributed by atoms with Crippen molar-refractivity contribution in [2.45, 2.75) is 69.1 Å². The highest BCUT2D eigenvalue weighted by molar-refractivity contribution is 7.99. The van der Waals surface area contributed by atoms with Gasteiger partial charge in [0.25, 0.3) is 0 Å². The van der Waals surface area contributed by atoms with Gasteiger partial charge in [0.15, 0.2) is 5.16 Å². The van der Waals surface area contributed by atoms with Crippen LogP contribution in [0.4, 0.5) is 11.4 Å². The number of aromatic nitrogens is 3. The molecule has 7 nitrogen and oxygen atoms in total. The fraction of sp³-hybridized carbons (Fsp3) is 0.440. The van der Waals surface area contributed by atoms with Gasteiger partial charge < -0.3 is 14.8 Å². The molecule has 1 saturated carbocycles. The average Bonchev–Trinajstić information content (AvgIpc) is 3.47. The number of anilines is 2. The monoisotopic (exact) mass is 495 g/mol. The number of carbonyl (C=O) groups is 2. The summed E-state index contributed by atoms with van der Waals surface area (Å²) in [4.78, 5) is 28.8. The highest BCUT2D eigenvalue weighted by atomic mass is 32.2. The number of benzene rings is 1. The third kappa shape index (κ3) is 4.90. The van der Waals surface area contributed by atoms with Crippen molar-refractivity contribution in [1.82, 2.24) is 14.8 Å². The number of thiophene rings is 1. The molecule has 0 spiro atoms. The maximum atomic E-state index is 13.5. The Kier molecular flexibility index (Phi) is 7.01. The molecule has 34 heavy (non-hydrogen) atoms. The molecule has 3 aromatic rings. The lowest BCUT2D eigenvalue weighted by atomic mass is 9.95. The van der Waals surface area contributed by atoms with Crippen molar-refractivity contribution in [3.05, 3.63) is 52.5 Å². The van der Waals surface area contributed by atoms with E-state index in [0.29, 0.717) is 11.7 Å². The minimum Gasteiger partial charge on any atom is -0.324 e. The van der Waals surface area contributed by atoms with Crippen molar-refractivity contribution < 1.29 is 9.59 Å². The van der Waals surface area contributed by atoms with Gasteiger partial charge in [0.2, 0.25) is 11.8 Å². The topological polar surface area (TPSA) is 80.1 Å². The van der Waals surface area contributed by atoms with E-state index < -0.39 is 0 Å². The van der Waals surface area contributed by atoms with E-state index in [9.17, 15) is 9.59 Å². The summed E-state index contributed by atoms with van der Waals surface area (Å²) in [6.07, 6.45) is 7.00. The van der Waals surface area contributed by atoms with E-state index in [2.05, 4.69) is 37.6 Å². The number of rotatable bonds is 6. The summed E-state index contributed by atoms with van der Waals surface area (Å²) in [6.45, 7) is 1.92. The summed E-state index contributed by atoms with van der Waals surface area (Å²) in [5.74, 6) is 1.13. The van der Waals surface area contributed by atoms with Crippen molar-refractivity contribution in [3.63, 3.8) is 0 Å². The van der Waals surface area contributed by atoms with E-state index >= 15 is 0 Å². The predicted octanol–water partition coefficient (Wildman–Crippen LogP) is 5.29. The van der Waals surface area contributed by atoms with Gasteiger partial charge in [0, 0.05) is 29.8 Å². The Hall–Kier alpha value is -2.65. The third-order valence-electron chi connectivity index (χ3n) is 6.54. The van der Waals surface area contributed by atoms with E-state index in [0.717, 1.165) is 35.9 Å². The normalized spacial score (nSPS) is 18.9. The largest absolute Gasteiger partial charge is 0.324 e. The Morgan fingerprint density at radius 3 is 2.76 bits per heavy atom. The van der Waals surface area contributed by atoms with E-state index in [-0.39, 0.29) is 30.0 Å². The van der Waals surface area contributed by atoms with Crippen LogP contribution in [0.2, 0.25) is 0 Å². The fourth-order valence-electron chi connectivity index (χ4n) is 4.97. The molecule has 1 aliphatic carbocycles. The molecule has 1 fully saturated rings. The molecule has 0 bridgehead atoms. The van der Waals surface area contributed by atoms with Crippen LogP contribution >= 0.6 is 23.1 Å². The Balaban J connectivity index is 1.38. The van der Waals surface area contributed by atoms with Crippen LogP contribution in [-0.4, -0.2) is 38.4 Å². The first-order valence-electron chi connectivity index (χ1n) is 11.9. The van der Waals surface area contributed by atoms with Gasteiger partial charge >= 0.3 is 0 Å². The quantitative estimate of drug-likeness (QED) is 0.470. The first-order valence-corrected chi connectivity index (χ1v) is 13.8. The van der Waals surface area contributed by atoms with Crippen LogP contribution in [0.1, 0.15) is 62.2 Å². The molecule has 0 saturated heterocycles. The number of fused-ring (bicyclic) bond motifs is 1. The van der Waals surface area contributed by atoms with Gasteiger partial charge in [0.1, 0.15) is 5.82 Å². The van der Waals surface area contributed by atoms with Crippen LogP contribution in [0.5, 0.6) is 0 Å². The molecule has 1 atom stereocenters. The zero-order valence-electron chi connectivity index (χ0n) is 19.3. The molecule has 3 heterocycles. The van der Waals surface area contributed by atoms with Gasteiger partial charge in [-0.15, -0.1) is 21.5 Å². The molecule has 1 aliphatic heterocycles. The second kappa shape index (κ2) is 10.3. The third-order valence-corrected chi connectivity index (χ3v) is 8.34. The second-order valence-corrected chi connectivity index (χ2v) is 11.0. The number of nitrogens with one attached hydrogen (secondary N) is 1. The highest BCUT2D eigenvalue weighted by Gasteiger charge is 2.30. The molecule has 178 valence electrons. The van der Waals surface area contributed by atoms with Gasteiger partial charge in [-0.3, -0.25) is 9.59 Å². The molecule has 2 aliphatic rings. The van der Waals surface area contributed by atoms with E-state index in [1.54, 1.807) is 16.2 Å². The fourth-order valence-corrected chi connectivity index (χ4v) is 6.55. The summed E-state index contributed by atoms with van der Waals surface area (Å²) in [5, 5.41) is 14.9. The lowest BCUT2D eigenvalue weighted by molar-refractivity contribution is -0.117. The zero-order chi connectivity index (χ0) is 23.5. The van der Waals surface area contributed by atoms with Gasteiger partial charge in [-0.2, -0.15) is 0 Å². The van der Waals surface area contributed by atoms with Crippen LogP contribution in [0, 0.1) is 0 Å².